The zero-order valence-electron chi connectivity index (χ0n) is 12.7. The highest BCUT2D eigenvalue weighted by Crippen LogP contribution is 2.20. The van der Waals surface area contributed by atoms with E-state index in [0.717, 1.165) is 5.56 Å². The molecule has 0 heterocycles. The Labute approximate surface area is 134 Å². The first kappa shape index (κ1) is 17.1. The number of aliphatic hydroxyl groups is 2. The Balaban J connectivity index is 2.06. The second-order valence-electron chi connectivity index (χ2n) is 5.31. The number of non-ortho nitro benzene ring substituents is 1. The van der Waals surface area contributed by atoms with Crippen molar-refractivity contribution in [1.82, 2.24) is 4.90 Å². The minimum Gasteiger partial charge on any atom is -0.395 e. The molecule has 0 bridgehead atoms. The fraction of sp³-hybridized carbons (Fsp3) is 0.294. The number of rotatable bonds is 8. The smallest absolute Gasteiger partial charge is 0.269 e. The maximum absolute atomic E-state index is 10.8. The molecule has 0 fully saturated rings. The molecule has 6 nitrogen and oxygen atoms in total. The van der Waals surface area contributed by atoms with Crippen molar-refractivity contribution in [1.29, 1.82) is 0 Å². The molecule has 0 saturated carbocycles. The molecule has 1 unspecified atom stereocenters. The van der Waals surface area contributed by atoms with E-state index in [1.54, 1.807) is 12.1 Å². The summed E-state index contributed by atoms with van der Waals surface area (Å²) in [5.74, 6) is 0. The Morgan fingerprint density at radius 2 is 1.87 bits per heavy atom. The molecule has 23 heavy (non-hydrogen) atoms. The van der Waals surface area contributed by atoms with Gasteiger partial charge in [0, 0.05) is 31.8 Å². The van der Waals surface area contributed by atoms with E-state index in [4.69, 9.17) is 0 Å². The molecule has 2 aromatic rings. The van der Waals surface area contributed by atoms with Gasteiger partial charge in [-0.2, -0.15) is 0 Å². The molecular weight excluding hydrogens is 296 g/mol. The average molecular weight is 316 g/mol. The number of benzene rings is 2. The quantitative estimate of drug-likeness (QED) is 0.575. The maximum atomic E-state index is 10.8. The Hall–Kier alpha value is -2.28. The van der Waals surface area contributed by atoms with Crippen molar-refractivity contribution in [2.24, 2.45) is 0 Å². The van der Waals surface area contributed by atoms with Crippen molar-refractivity contribution in [3.63, 3.8) is 0 Å². The first-order valence-corrected chi connectivity index (χ1v) is 7.39. The van der Waals surface area contributed by atoms with Crippen LogP contribution in [-0.2, 0) is 6.54 Å². The van der Waals surface area contributed by atoms with E-state index < -0.39 is 11.0 Å². The summed E-state index contributed by atoms with van der Waals surface area (Å²) in [7, 11) is 0. The third kappa shape index (κ3) is 5.14. The van der Waals surface area contributed by atoms with Gasteiger partial charge in [-0.15, -0.1) is 0 Å². The molecule has 0 spiro atoms. The molecule has 0 aromatic heterocycles. The van der Waals surface area contributed by atoms with E-state index in [2.05, 4.69) is 0 Å². The normalized spacial score (nSPS) is 12.3. The first-order chi connectivity index (χ1) is 11.1. The van der Waals surface area contributed by atoms with Gasteiger partial charge >= 0.3 is 0 Å². The lowest BCUT2D eigenvalue weighted by molar-refractivity contribution is -0.385. The number of hydrogen-bond donors (Lipinski definition) is 2. The number of aliphatic hydroxyl groups excluding tert-OH is 2. The Morgan fingerprint density at radius 1 is 1.13 bits per heavy atom. The number of nitrogens with zero attached hydrogens (tertiary/aromatic N) is 2. The Kier molecular flexibility index (Phi) is 6.22. The van der Waals surface area contributed by atoms with Crippen LogP contribution in [0.3, 0.4) is 0 Å². The maximum Gasteiger partial charge on any atom is 0.269 e. The van der Waals surface area contributed by atoms with E-state index >= 15 is 0 Å². The molecule has 0 aliphatic heterocycles. The zero-order chi connectivity index (χ0) is 16.7. The summed E-state index contributed by atoms with van der Waals surface area (Å²) in [5.41, 5.74) is 1.53. The minimum atomic E-state index is -0.856. The van der Waals surface area contributed by atoms with Gasteiger partial charge in [-0.05, 0) is 11.1 Å². The third-order valence-corrected chi connectivity index (χ3v) is 3.56. The monoisotopic (exact) mass is 316 g/mol. The summed E-state index contributed by atoms with van der Waals surface area (Å²) < 4.78 is 0. The van der Waals surface area contributed by atoms with Crippen molar-refractivity contribution in [3.8, 4) is 0 Å². The predicted molar refractivity (Wildman–Crippen MR) is 86.9 cm³/mol. The number of hydrogen-bond acceptors (Lipinski definition) is 5. The van der Waals surface area contributed by atoms with Crippen molar-refractivity contribution < 1.29 is 15.1 Å². The van der Waals surface area contributed by atoms with Gasteiger partial charge in [0.25, 0.3) is 5.69 Å². The summed E-state index contributed by atoms with van der Waals surface area (Å²) in [4.78, 5) is 12.3. The lowest BCUT2D eigenvalue weighted by Gasteiger charge is -2.24. The Morgan fingerprint density at radius 3 is 2.52 bits per heavy atom. The fourth-order valence-corrected chi connectivity index (χ4v) is 2.41. The summed E-state index contributed by atoms with van der Waals surface area (Å²) in [5, 5.41) is 30.4. The fourth-order valence-electron chi connectivity index (χ4n) is 2.41. The van der Waals surface area contributed by atoms with Gasteiger partial charge in [0.15, 0.2) is 0 Å². The van der Waals surface area contributed by atoms with Crippen molar-refractivity contribution in [3.05, 3.63) is 75.8 Å². The molecule has 2 N–H and O–H groups in total. The number of nitro groups is 1. The molecule has 122 valence electrons. The largest absolute Gasteiger partial charge is 0.395 e. The molecule has 0 saturated heterocycles. The van der Waals surface area contributed by atoms with Crippen LogP contribution in [0.15, 0.2) is 54.6 Å². The molecule has 0 aliphatic carbocycles. The van der Waals surface area contributed by atoms with Gasteiger partial charge in [0.05, 0.1) is 17.6 Å². The molecule has 0 aliphatic rings. The van der Waals surface area contributed by atoms with E-state index in [1.807, 2.05) is 35.2 Å². The van der Waals surface area contributed by atoms with Crippen molar-refractivity contribution in [2.75, 3.05) is 19.7 Å². The highest BCUT2D eigenvalue weighted by molar-refractivity contribution is 5.35. The van der Waals surface area contributed by atoms with Gasteiger partial charge in [-0.25, -0.2) is 0 Å². The highest BCUT2D eigenvalue weighted by atomic mass is 16.6. The van der Waals surface area contributed by atoms with Crippen molar-refractivity contribution in [2.45, 2.75) is 12.6 Å². The molecule has 2 aromatic carbocycles. The van der Waals surface area contributed by atoms with Gasteiger partial charge in [0.1, 0.15) is 0 Å². The zero-order valence-corrected chi connectivity index (χ0v) is 12.7. The summed E-state index contributed by atoms with van der Waals surface area (Å²) >= 11 is 0. The summed E-state index contributed by atoms with van der Waals surface area (Å²) in [6.45, 7) is 1.28. The topological polar surface area (TPSA) is 86.8 Å². The van der Waals surface area contributed by atoms with E-state index in [0.29, 0.717) is 18.7 Å². The van der Waals surface area contributed by atoms with Gasteiger partial charge in [-0.3, -0.25) is 15.0 Å². The highest BCUT2D eigenvalue weighted by Gasteiger charge is 2.16. The van der Waals surface area contributed by atoms with Crippen LogP contribution in [0.5, 0.6) is 0 Å². The van der Waals surface area contributed by atoms with E-state index in [-0.39, 0.29) is 18.8 Å². The van der Waals surface area contributed by atoms with Crippen LogP contribution in [0.1, 0.15) is 17.2 Å². The Bertz CT molecular complexity index is 634. The molecule has 0 amide bonds. The average Bonchev–Trinajstić information content (AvgIpc) is 2.56. The summed E-state index contributed by atoms with van der Waals surface area (Å²) in [6, 6.07) is 15.7. The standard InChI is InChI=1S/C17H20N2O4/c20-10-9-18(12-14-5-2-1-3-6-14)13-17(21)15-7-4-8-16(11-15)19(22)23/h1-8,11,17,20-21H,9-10,12-13H2. The second kappa shape index (κ2) is 8.38. The molecular formula is C17H20N2O4. The van der Waals surface area contributed by atoms with Gasteiger partial charge in [-0.1, -0.05) is 42.5 Å². The number of nitro benzene ring substituents is 1. The van der Waals surface area contributed by atoms with Gasteiger partial charge < -0.3 is 10.2 Å². The molecule has 1 atom stereocenters. The molecule has 0 radical (unpaired) electrons. The minimum absolute atomic E-state index is 0.0194. The van der Waals surface area contributed by atoms with Crippen LogP contribution in [0.25, 0.3) is 0 Å². The van der Waals surface area contributed by atoms with Crippen LogP contribution in [0, 0.1) is 10.1 Å². The predicted octanol–water partition coefficient (Wildman–Crippen LogP) is 2.12. The van der Waals surface area contributed by atoms with Crippen molar-refractivity contribution >= 4 is 5.69 Å². The molecule has 2 rings (SSSR count). The van der Waals surface area contributed by atoms with E-state index in [9.17, 15) is 20.3 Å². The summed E-state index contributed by atoms with van der Waals surface area (Å²) in [6.07, 6.45) is -0.856. The lowest BCUT2D eigenvalue weighted by atomic mass is 10.1. The lowest BCUT2D eigenvalue weighted by Crippen LogP contribution is -2.31. The first-order valence-electron chi connectivity index (χ1n) is 7.39. The van der Waals surface area contributed by atoms with Crippen LogP contribution >= 0.6 is 0 Å². The third-order valence-electron chi connectivity index (χ3n) is 3.56. The molecule has 6 heteroatoms. The van der Waals surface area contributed by atoms with Crippen LogP contribution in [0.2, 0.25) is 0 Å². The van der Waals surface area contributed by atoms with Crippen LogP contribution in [0.4, 0.5) is 5.69 Å². The van der Waals surface area contributed by atoms with E-state index in [1.165, 1.54) is 12.1 Å². The van der Waals surface area contributed by atoms with Gasteiger partial charge in [0.2, 0.25) is 0 Å². The second-order valence-corrected chi connectivity index (χ2v) is 5.31. The SMILES string of the molecule is O=[N+]([O-])c1cccc(C(O)CN(CCO)Cc2ccccc2)c1. The van der Waals surface area contributed by atoms with Crippen LogP contribution < -0.4 is 0 Å². The van der Waals surface area contributed by atoms with Crippen LogP contribution in [-0.4, -0.2) is 39.7 Å².